The number of nitrogens with zero attached hydrogens (tertiary/aromatic N) is 1. The predicted molar refractivity (Wildman–Crippen MR) is 61.7 cm³/mol. The average Bonchev–Trinajstić information content (AvgIpc) is 2.18. The first-order valence-electron chi connectivity index (χ1n) is 5.04. The summed E-state index contributed by atoms with van der Waals surface area (Å²) >= 11 is 5.96. The number of benzene rings is 1. The van der Waals surface area contributed by atoms with E-state index in [1.165, 1.54) is 11.9 Å². The van der Waals surface area contributed by atoms with E-state index in [-0.39, 0.29) is 6.54 Å². The van der Waals surface area contributed by atoms with E-state index in [1.807, 2.05) is 0 Å². The summed E-state index contributed by atoms with van der Waals surface area (Å²) in [6, 6.07) is 5.15. The molecular weight excluding hydrogens is 253 g/mol. The highest BCUT2D eigenvalue weighted by Crippen LogP contribution is 2.21. The van der Waals surface area contributed by atoms with Gasteiger partial charge in [0.2, 0.25) is 0 Å². The summed E-state index contributed by atoms with van der Waals surface area (Å²) in [5.41, 5.74) is 6.96. The normalized spacial score (nSPS) is 12.2. The van der Waals surface area contributed by atoms with Gasteiger partial charge in [-0.05, 0) is 24.2 Å². The molecule has 0 atom stereocenters. The van der Waals surface area contributed by atoms with Crippen molar-refractivity contribution in [2.75, 3.05) is 13.6 Å². The zero-order chi connectivity index (χ0) is 13.1. The predicted octanol–water partition coefficient (Wildman–Crippen LogP) is 2.79. The first-order chi connectivity index (χ1) is 7.81. The number of halogens is 4. The number of hydrogen-bond donors (Lipinski definition) is 1. The molecule has 1 aromatic rings. The van der Waals surface area contributed by atoms with Crippen LogP contribution >= 0.6 is 11.6 Å². The molecule has 0 fully saturated rings. The van der Waals surface area contributed by atoms with Gasteiger partial charge in [-0.15, -0.1) is 0 Å². The maximum atomic E-state index is 12.1. The fourth-order valence-electron chi connectivity index (χ4n) is 1.50. The lowest BCUT2D eigenvalue weighted by Gasteiger charge is -2.19. The van der Waals surface area contributed by atoms with Crippen LogP contribution in [0.5, 0.6) is 0 Å². The van der Waals surface area contributed by atoms with Gasteiger partial charge in [-0.1, -0.05) is 23.7 Å². The molecule has 2 nitrogen and oxygen atoms in total. The summed E-state index contributed by atoms with van der Waals surface area (Å²) in [6.45, 7) is -0.441. The molecule has 1 rings (SSSR count). The van der Waals surface area contributed by atoms with E-state index in [0.717, 1.165) is 5.56 Å². The molecular formula is C11H14ClF3N2. The molecule has 0 aliphatic heterocycles. The smallest absolute Gasteiger partial charge is 0.326 e. The summed E-state index contributed by atoms with van der Waals surface area (Å²) in [5.74, 6) is 0. The third kappa shape index (κ3) is 4.93. The Balaban J connectivity index is 2.68. The lowest BCUT2D eigenvalue weighted by atomic mass is 10.1. The molecule has 96 valence electrons. The Bertz CT molecular complexity index is 379. The molecule has 0 bridgehead atoms. The molecule has 0 unspecified atom stereocenters. The third-order valence-corrected chi connectivity index (χ3v) is 2.59. The van der Waals surface area contributed by atoms with E-state index in [4.69, 9.17) is 17.3 Å². The van der Waals surface area contributed by atoms with Crippen LogP contribution in [0, 0.1) is 0 Å². The van der Waals surface area contributed by atoms with E-state index in [1.54, 1.807) is 18.2 Å². The molecule has 0 spiro atoms. The van der Waals surface area contributed by atoms with Crippen LogP contribution in [-0.4, -0.2) is 24.7 Å². The van der Waals surface area contributed by atoms with Crippen LogP contribution in [0.1, 0.15) is 11.1 Å². The average molecular weight is 267 g/mol. The summed E-state index contributed by atoms with van der Waals surface area (Å²) < 4.78 is 36.4. The molecule has 1 aromatic carbocycles. The molecule has 0 aromatic heterocycles. The Morgan fingerprint density at radius 2 is 2.00 bits per heavy atom. The van der Waals surface area contributed by atoms with E-state index in [2.05, 4.69) is 0 Å². The van der Waals surface area contributed by atoms with Crippen molar-refractivity contribution in [2.24, 2.45) is 5.73 Å². The summed E-state index contributed by atoms with van der Waals surface area (Å²) in [4.78, 5) is 1.17. The van der Waals surface area contributed by atoms with Crippen molar-refractivity contribution in [1.29, 1.82) is 0 Å². The Morgan fingerprint density at radius 1 is 1.35 bits per heavy atom. The van der Waals surface area contributed by atoms with Gasteiger partial charge in [-0.3, -0.25) is 4.90 Å². The van der Waals surface area contributed by atoms with Crippen molar-refractivity contribution in [3.8, 4) is 0 Å². The van der Waals surface area contributed by atoms with Gasteiger partial charge in [0.25, 0.3) is 0 Å². The Hall–Kier alpha value is -0.780. The van der Waals surface area contributed by atoms with Crippen LogP contribution in [0.4, 0.5) is 13.2 Å². The molecule has 6 heteroatoms. The number of hydrogen-bond acceptors (Lipinski definition) is 2. The summed E-state index contributed by atoms with van der Waals surface area (Å²) in [6.07, 6.45) is -4.20. The van der Waals surface area contributed by atoms with Crippen LogP contribution < -0.4 is 5.73 Å². The number of alkyl halides is 3. The van der Waals surface area contributed by atoms with E-state index in [0.29, 0.717) is 17.1 Å². The fourth-order valence-corrected chi connectivity index (χ4v) is 1.76. The van der Waals surface area contributed by atoms with Gasteiger partial charge in [0.1, 0.15) is 0 Å². The molecule has 2 N–H and O–H groups in total. The zero-order valence-corrected chi connectivity index (χ0v) is 10.1. The highest BCUT2D eigenvalue weighted by atomic mass is 35.5. The molecule has 0 saturated heterocycles. The maximum Gasteiger partial charge on any atom is 0.401 e. The first-order valence-corrected chi connectivity index (χ1v) is 5.42. The maximum absolute atomic E-state index is 12.1. The standard InChI is InChI=1S/C11H14ClF3N2/c1-17(7-11(13,14)15)6-9-3-2-8(5-16)4-10(9)12/h2-4H,5-7,16H2,1H3. The second kappa shape index (κ2) is 5.71. The first kappa shape index (κ1) is 14.3. The monoisotopic (exact) mass is 266 g/mol. The lowest BCUT2D eigenvalue weighted by molar-refractivity contribution is -0.144. The van der Waals surface area contributed by atoms with Gasteiger partial charge in [0.05, 0.1) is 6.54 Å². The van der Waals surface area contributed by atoms with Gasteiger partial charge in [0.15, 0.2) is 0 Å². The minimum absolute atomic E-state index is 0.156. The highest BCUT2D eigenvalue weighted by molar-refractivity contribution is 6.31. The van der Waals surface area contributed by atoms with Crippen molar-refractivity contribution in [3.05, 3.63) is 34.3 Å². The number of rotatable bonds is 4. The molecule has 0 amide bonds. The van der Waals surface area contributed by atoms with Gasteiger partial charge < -0.3 is 5.73 Å². The summed E-state index contributed by atoms with van der Waals surface area (Å²) in [5, 5.41) is 0.446. The molecule has 0 saturated carbocycles. The molecule has 0 heterocycles. The minimum atomic E-state index is -4.20. The van der Waals surface area contributed by atoms with Crippen LogP contribution in [-0.2, 0) is 13.1 Å². The van der Waals surface area contributed by atoms with E-state index >= 15 is 0 Å². The topological polar surface area (TPSA) is 29.3 Å². The van der Waals surface area contributed by atoms with E-state index < -0.39 is 12.7 Å². The Kier molecular flexibility index (Phi) is 4.80. The quantitative estimate of drug-likeness (QED) is 0.908. The van der Waals surface area contributed by atoms with Gasteiger partial charge in [-0.25, -0.2) is 0 Å². The molecule has 0 radical (unpaired) electrons. The van der Waals surface area contributed by atoms with Crippen LogP contribution in [0.2, 0.25) is 5.02 Å². The zero-order valence-electron chi connectivity index (χ0n) is 9.39. The van der Waals surface area contributed by atoms with Crippen LogP contribution in [0.25, 0.3) is 0 Å². The van der Waals surface area contributed by atoms with Crippen molar-refractivity contribution in [2.45, 2.75) is 19.3 Å². The van der Waals surface area contributed by atoms with Crippen molar-refractivity contribution >= 4 is 11.6 Å². The van der Waals surface area contributed by atoms with Crippen molar-refractivity contribution in [3.63, 3.8) is 0 Å². The van der Waals surface area contributed by atoms with Gasteiger partial charge >= 0.3 is 6.18 Å². The second-order valence-electron chi connectivity index (χ2n) is 3.92. The van der Waals surface area contributed by atoms with Crippen LogP contribution in [0.3, 0.4) is 0 Å². The summed E-state index contributed by atoms with van der Waals surface area (Å²) in [7, 11) is 1.40. The fraction of sp³-hybridized carbons (Fsp3) is 0.455. The van der Waals surface area contributed by atoms with E-state index in [9.17, 15) is 13.2 Å². The van der Waals surface area contributed by atoms with Gasteiger partial charge in [-0.2, -0.15) is 13.2 Å². The Labute approximate surface area is 103 Å². The second-order valence-corrected chi connectivity index (χ2v) is 4.32. The van der Waals surface area contributed by atoms with Crippen molar-refractivity contribution < 1.29 is 13.2 Å². The SMILES string of the molecule is CN(Cc1ccc(CN)cc1Cl)CC(F)(F)F. The highest BCUT2D eigenvalue weighted by Gasteiger charge is 2.29. The largest absolute Gasteiger partial charge is 0.401 e. The Morgan fingerprint density at radius 3 is 2.47 bits per heavy atom. The molecule has 0 aliphatic carbocycles. The number of nitrogens with two attached hydrogens (primary N) is 1. The van der Waals surface area contributed by atoms with Crippen molar-refractivity contribution in [1.82, 2.24) is 4.90 Å². The van der Waals surface area contributed by atoms with Crippen LogP contribution in [0.15, 0.2) is 18.2 Å². The molecule has 0 aliphatic rings. The third-order valence-electron chi connectivity index (χ3n) is 2.24. The molecule has 17 heavy (non-hydrogen) atoms. The van der Waals surface area contributed by atoms with Gasteiger partial charge in [0, 0.05) is 18.1 Å². The minimum Gasteiger partial charge on any atom is -0.326 e. The lowest BCUT2D eigenvalue weighted by Crippen LogP contribution is -2.30.